The number of aromatic nitrogens is 1. The number of nitrogens with zero attached hydrogens (tertiary/aromatic N) is 1. The van der Waals surface area contributed by atoms with Crippen molar-refractivity contribution in [2.24, 2.45) is 0 Å². The molecule has 0 bridgehead atoms. The van der Waals surface area contributed by atoms with E-state index in [-0.39, 0.29) is 5.56 Å². The average molecular weight is 370 g/mol. The second-order valence-corrected chi connectivity index (χ2v) is 6.43. The van der Waals surface area contributed by atoms with E-state index in [1.165, 1.54) is 5.56 Å². The third-order valence-corrected chi connectivity index (χ3v) is 4.40. The second kappa shape index (κ2) is 6.05. The third kappa shape index (κ3) is 2.94. The summed E-state index contributed by atoms with van der Waals surface area (Å²) in [5, 5.41) is 9.23. The highest BCUT2D eigenvalue weighted by molar-refractivity contribution is 9.10. The molecule has 0 radical (unpaired) electrons. The summed E-state index contributed by atoms with van der Waals surface area (Å²) in [6.45, 7) is 4.09. The Morgan fingerprint density at radius 3 is 2.57 bits per heavy atom. The van der Waals surface area contributed by atoms with Gasteiger partial charge in [-0.1, -0.05) is 28.1 Å². The lowest BCUT2D eigenvalue weighted by Crippen LogP contribution is -2.03. The summed E-state index contributed by atoms with van der Waals surface area (Å²) in [6, 6.07) is 17.3. The van der Waals surface area contributed by atoms with Gasteiger partial charge in [0.25, 0.3) is 0 Å². The highest BCUT2D eigenvalue weighted by atomic mass is 79.9. The van der Waals surface area contributed by atoms with Crippen LogP contribution in [-0.4, -0.2) is 15.6 Å². The van der Waals surface area contributed by atoms with Crippen molar-refractivity contribution in [3.05, 3.63) is 75.9 Å². The van der Waals surface area contributed by atoms with Crippen LogP contribution in [0.4, 0.5) is 0 Å². The Morgan fingerprint density at radius 1 is 1.04 bits per heavy atom. The molecule has 0 unspecified atom stereocenters. The Bertz CT molecular complexity index is 896. The standard InChI is InChI=1S/C19H16BrNO2/c1-12-6-8-15(20)11-17(12)18-9-7-13(2)21(18)16-5-3-4-14(10-16)19(22)23/h3-11H,1-2H3,(H,22,23). The molecule has 0 fully saturated rings. The van der Waals surface area contributed by atoms with E-state index >= 15 is 0 Å². The van der Waals surface area contributed by atoms with Crippen molar-refractivity contribution >= 4 is 21.9 Å². The highest BCUT2D eigenvalue weighted by Crippen LogP contribution is 2.31. The van der Waals surface area contributed by atoms with Crippen LogP contribution in [0.25, 0.3) is 16.9 Å². The number of hydrogen-bond donors (Lipinski definition) is 1. The normalized spacial score (nSPS) is 10.7. The van der Waals surface area contributed by atoms with E-state index in [1.54, 1.807) is 18.2 Å². The Morgan fingerprint density at radius 2 is 1.83 bits per heavy atom. The van der Waals surface area contributed by atoms with Crippen LogP contribution in [-0.2, 0) is 0 Å². The molecule has 2 aromatic carbocycles. The number of carbonyl (C=O) groups is 1. The zero-order valence-electron chi connectivity index (χ0n) is 12.9. The maximum atomic E-state index is 11.2. The van der Waals surface area contributed by atoms with E-state index in [9.17, 15) is 9.90 Å². The molecule has 0 saturated heterocycles. The first-order chi connectivity index (χ1) is 11.0. The molecule has 0 atom stereocenters. The van der Waals surface area contributed by atoms with Crippen LogP contribution < -0.4 is 0 Å². The molecule has 0 spiro atoms. The summed E-state index contributed by atoms with van der Waals surface area (Å²) in [5.74, 6) is -0.920. The molecule has 23 heavy (non-hydrogen) atoms. The van der Waals surface area contributed by atoms with Gasteiger partial charge in [0, 0.05) is 21.4 Å². The largest absolute Gasteiger partial charge is 0.478 e. The van der Waals surface area contributed by atoms with E-state index in [0.717, 1.165) is 27.1 Å². The minimum Gasteiger partial charge on any atom is -0.478 e. The SMILES string of the molecule is Cc1ccc(Br)cc1-c1ccc(C)n1-c1cccc(C(=O)O)c1. The van der Waals surface area contributed by atoms with Gasteiger partial charge in [-0.3, -0.25) is 0 Å². The van der Waals surface area contributed by atoms with Gasteiger partial charge in [-0.25, -0.2) is 4.79 Å². The van der Waals surface area contributed by atoms with Crippen molar-refractivity contribution in [1.29, 1.82) is 0 Å². The second-order valence-electron chi connectivity index (χ2n) is 5.51. The van der Waals surface area contributed by atoms with Crippen LogP contribution in [0.5, 0.6) is 0 Å². The smallest absolute Gasteiger partial charge is 0.335 e. The van der Waals surface area contributed by atoms with Gasteiger partial charge in [-0.15, -0.1) is 0 Å². The fourth-order valence-electron chi connectivity index (χ4n) is 2.74. The molecule has 1 N–H and O–H groups in total. The van der Waals surface area contributed by atoms with Gasteiger partial charge in [0.05, 0.1) is 11.3 Å². The van der Waals surface area contributed by atoms with Crippen molar-refractivity contribution < 1.29 is 9.90 Å². The molecule has 0 aliphatic rings. The summed E-state index contributed by atoms with van der Waals surface area (Å²) in [6.07, 6.45) is 0. The number of rotatable bonds is 3. The van der Waals surface area contributed by atoms with Crippen LogP contribution in [0.1, 0.15) is 21.6 Å². The van der Waals surface area contributed by atoms with Gasteiger partial charge in [0.1, 0.15) is 0 Å². The summed E-state index contributed by atoms with van der Waals surface area (Å²) in [7, 11) is 0. The van der Waals surface area contributed by atoms with Crippen LogP contribution in [0, 0.1) is 13.8 Å². The molecule has 0 aliphatic carbocycles. The Kier molecular flexibility index (Phi) is 4.09. The zero-order chi connectivity index (χ0) is 16.6. The predicted octanol–water partition coefficient (Wildman–Crippen LogP) is 5.22. The summed E-state index contributed by atoms with van der Waals surface area (Å²) in [4.78, 5) is 11.2. The molecule has 116 valence electrons. The Hall–Kier alpha value is -2.33. The van der Waals surface area contributed by atoms with Gasteiger partial charge in [0.15, 0.2) is 0 Å². The minimum atomic E-state index is -0.920. The molecular weight excluding hydrogens is 354 g/mol. The number of hydrogen-bond acceptors (Lipinski definition) is 1. The molecule has 4 heteroatoms. The number of benzene rings is 2. The Labute approximate surface area is 143 Å². The molecule has 0 amide bonds. The minimum absolute atomic E-state index is 0.285. The average Bonchev–Trinajstić information content (AvgIpc) is 2.91. The number of aryl methyl sites for hydroxylation is 2. The van der Waals surface area contributed by atoms with Crippen molar-refractivity contribution in [1.82, 2.24) is 4.57 Å². The lowest BCUT2D eigenvalue weighted by atomic mass is 10.1. The van der Waals surface area contributed by atoms with Crippen LogP contribution in [0.3, 0.4) is 0 Å². The van der Waals surface area contributed by atoms with Crippen LogP contribution in [0.15, 0.2) is 59.1 Å². The topological polar surface area (TPSA) is 42.2 Å². The Balaban J connectivity index is 2.22. The fraction of sp³-hybridized carbons (Fsp3) is 0.105. The molecule has 0 aliphatic heterocycles. The lowest BCUT2D eigenvalue weighted by molar-refractivity contribution is 0.0697. The predicted molar refractivity (Wildman–Crippen MR) is 95.3 cm³/mol. The monoisotopic (exact) mass is 369 g/mol. The van der Waals surface area contributed by atoms with E-state index in [1.807, 2.05) is 25.1 Å². The molecule has 1 aromatic heterocycles. The maximum absolute atomic E-state index is 11.2. The van der Waals surface area contributed by atoms with Crippen molar-refractivity contribution in [2.45, 2.75) is 13.8 Å². The quantitative estimate of drug-likeness (QED) is 0.687. The third-order valence-electron chi connectivity index (χ3n) is 3.90. The maximum Gasteiger partial charge on any atom is 0.335 e. The van der Waals surface area contributed by atoms with E-state index in [4.69, 9.17) is 0 Å². The van der Waals surface area contributed by atoms with Gasteiger partial charge in [-0.05, 0) is 61.9 Å². The van der Waals surface area contributed by atoms with Gasteiger partial charge in [-0.2, -0.15) is 0 Å². The van der Waals surface area contributed by atoms with Gasteiger partial charge in [0.2, 0.25) is 0 Å². The van der Waals surface area contributed by atoms with E-state index < -0.39 is 5.97 Å². The highest BCUT2D eigenvalue weighted by Gasteiger charge is 2.13. The number of aromatic carboxylic acids is 1. The molecular formula is C19H16BrNO2. The van der Waals surface area contributed by atoms with Gasteiger partial charge >= 0.3 is 5.97 Å². The van der Waals surface area contributed by atoms with E-state index in [0.29, 0.717) is 0 Å². The lowest BCUT2D eigenvalue weighted by Gasteiger charge is -2.14. The first-order valence-corrected chi connectivity index (χ1v) is 8.05. The van der Waals surface area contributed by atoms with E-state index in [2.05, 4.69) is 45.6 Å². The molecule has 3 nitrogen and oxygen atoms in total. The number of carboxylic acids is 1. The molecule has 0 saturated carbocycles. The summed E-state index contributed by atoms with van der Waals surface area (Å²) < 4.78 is 3.10. The van der Waals surface area contributed by atoms with Crippen molar-refractivity contribution in [3.63, 3.8) is 0 Å². The number of halogens is 1. The van der Waals surface area contributed by atoms with Crippen molar-refractivity contribution in [2.75, 3.05) is 0 Å². The first-order valence-electron chi connectivity index (χ1n) is 7.26. The summed E-state index contributed by atoms with van der Waals surface area (Å²) in [5.41, 5.74) is 5.52. The van der Waals surface area contributed by atoms with Crippen molar-refractivity contribution in [3.8, 4) is 16.9 Å². The molecule has 3 aromatic rings. The van der Waals surface area contributed by atoms with Crippen LogP contribution in [0.2, 0.25) is 0 Å². The molecule has 3 rings (SSSR count). The molecule has 1 heterocycles. The van der Waals surface area contributed by atoms with Gasteiger partial charge < -0.3 is 9.67 Å². The fourth-order valence-corrected chi connectivity index (χ4v) is 3.10. The first kappa shape index (κ1) is 15.6. The number of carboxylic acid groups (broad SMARTS) is 1. The zero-order valence-corrected chi connectivity index (χ0v) is 14.5. The summed E-state index contributed by atoms with van der Waals surface area (Å²) >= 11 is 3.52. The van der Waals surface area contributed by atoms with Crippen LogP contribution >= 0.6 is 15.9 Å².